The van der Waals surface area contributed by atoms with Crippen molar-refractivity contribution in [1.29, 1.82) is 0 Å². The number of para-hydroxylation sites is 1. The molecule has 0 radical (unpaired) electrons. The Kier molecular flexibility index (Phi) is 7.24. The molecule has 1 aliphatic heterocycles. The van der Waals surface area contributed by atoms with Crippen LogP contribution in [0.15, 0.2) is 60.7 Å². The third kappa shape index (κ3) is 5.80. The molecular weight excluding hydrogens is 438 g/mol. The van der Waals surface area contributed by atoms with Crippen molar-refractivity contribution in [1.82, 2.24) is 15.7 Å². The largest absolute Gasteiger partial charge is 0.484 e. The van der Waals surface area contributed by atoms with E-state index >= 15 is 0 Å². The number of rotatable bonds is 8. The molecule has 3 amide bonds. The van der Waals surface area contributed by atoms with Crippen molar-refractivity contribution in [3.8, 4) is 5.75 Å². The Hall–Kier alpha value is -3.17. The lowest BCUT2D eigenvalue weighted by molar-refractivity contribution is -0.157. The molecule has 1 aliphatic rings. The van der Waals surface area contributed by atoms with Gasteiger partial charge in [0.05, 0.1) is 0 Å². The molecule has 2 atom stereocenters. The molecule has 8 nitrogen and oxygen atoms in total. The first-order chi connectivity index (χ1) is 15.5. The highest BCUT2D eigenvalue weighted by atomic mass is 28.4. The number of hydrogen-bond acceptors (Lipinski definition) is 5. The van der Waals surface area contributed by atoms with Crippen molar-refractivity contribution in [3.63, 3.8) is 0 Å². The second kappa shape index (κ2) is 9.76. The molecule has 0 bridgehead atoms. The first-order valence-corrected chi connectivity index (χ1v) is 13.8. The summed E-state index contributed by atoms with van der Waals surface area (Å²) in [5.41, 5.74) is 0.426. The molecule has 1 saturated heterocycles. The average Bonchev–Trinajstić information content (AvgIpc) is 2.78. The smallest absolute Gasteiger partial charge is 0.278 e. The zero-order valence-corrected chi connectivity index (χ0v) is 20.6. The normalized spacial score (nSPS) is 18.0. The molecule has 2 aromatic carbocycles. The van der Waals surface area contributed by atoms with E-state index in [1.54, 1.807) is 48.5 Å². The summed E-state index contributed by atoms with van der Waals surface area (Å²) in [6.07, 6.45) is -0.833. The fourth-order valence-corrected chi connectivity index (χ4v) is 3.86. The SMILES string of the molecule is CC(C)(C)[Si](C)(C)ON(C(=O)c1ccccc1)[C@@H]1NC(=O)[C@H]1NC(=O)COc1ccccc1. The van der Waals surface area contributed by atoms with Gasteiger partial charge in [0.1, 0.15) is 11.8 Å². The molecule has 0 saturated carbocycles. The summed E-state index contributed by atoms with van der Waals surface area (Å²) in [7, 11) is -2.44. The highest BCUT2D eigenvalue weighted by molar-refractivity contribution is 6.74. The lowest BCUT2D eigenvalue weighted by atomic mass is 10.1. The zero-order chi connectivity index (χ0) is 24.2. The zero-order valence-electron chi connectivity index (χ0n) is 19.6. The lowest BCUT2D eigenvalue weighted by Crippen LogP contribution is -2.76. The number of ether oxygens (including phenoxy) is 1. The second-order valence-electron chi connectivity index (χ2n) is 9.45. The quantitative estimate of drug-likeness (QED) is 0.352. The predicted octanol–water partition coefficient (Wildman–Crippen LogP) is 3.09. The van der Waals surface area contributed by atoms with Gasteiger partial charge in [-0.3, -0.25) is 14.4 Å². The average molecular weight is 470 g/mol. The van der Waals surface area contributed by atoms with Crippen LogP contribution in [0.2, 0.25) is 18.1 Å². The summed E-state index contributed by atoms with van der Waals surface area (Å²) in [6.45, 7) is 9.95. The van der Waals surface area contributed by atoms with Crippen LogP contribution >= 0.6 is 0 Å². The van der Waals surface area contributed by atoms with Gasteiger partial charge in [0.15, 0.2) is 12.8 Å². The molecule has 9 heteroatoms. The monoisotopic (exact) mass is 469 g/mol. The number of hydroxylamine groups is 2. The maximum absolute atomic E-state index is 13.4. The van der Waals surface area contributed by atoms with E-state index in [-0.39, 0.29) is 17.6 Å². The topological polar surface area (TPSA) is 97.0 Å². The van der Waals surface area contributed by atoms with E-state index in [2.05, 4.69) is 31.4 Å². The maximum atomic E-state index is 13.4. The lowest BCUT2D eigenvalue weighted by Gasteiger charge is -2.47. The van der Waals surface area contributed by atoms with E-state index in [0.29, 0.717) is 11.3 Å². The van der Waals surface area contributed by atoms with Gasteiger partial charge in [-0.15, -0.1) is 0 Å². The number of β-lactam (4-membered cyclic amide) rings is 1. The van der Waals surface area contributed by atoms with E-state index in [0.717, 1.165) is 0 Å². The van der Waals surface area contributed by atoms with Crippen molar-refractivity contribution in [2.75, 3.05) is 6.61 Å². The minimum atomic E-state index is -2.44. The van der Waals surface area contributed by atoms with Crippen LogP contribution < -0.4 is 15.4 Å². The summed E-state index contributed by atoms with van der Waals surface area (Å²) in [5.74, 6) is -0.699. The van der Waals surface area contributed by atoms with E-state index in [1.807, 2.05) is 25.2 Å². The molecule has 1 fully saturated rings. The number of benzene rings is 2. The van der Waals surface area contributed by atoms with Crippen LogP contribution in [-0.4, -0.2) is 49.9 Å². The van der Waals surface area contributed by atoms with Gasteiger partial charge in [0.2, 0.25) is 14.2 Å². The molecule has 0 unspecified atom stereocenters. The fourth-order valence-electron chi connectivity index (χ4n) is 2.90. The van der Waals surface area contributed by atoms with Crippen molar-refractivity contribution >= 4 is 26.0 Å². The third-order valence-electron chi connectivity index (χ3n) is 5.92. The number of hydrogen-bond donors (Lipinski definition) is 2. The molecule has 0 spiro atoms. The molecule has 33 heavy (non-hydrogen) atoms. The summed E-state index contributed by atoms with van der Waals surface area (Å²) in [4.78, 5) is 38.2. The molecular formula is C24H31N3O5Si. The summed E-state index contributed by atoms with van der Waals surface area (Å²) < 4.78 is 11.8. The Morgan fingerprint density at radius 2 is 1.61 bits per heavy atom. The number of nitrogens with zero attached hydrogens (tertiary/aromatic N) is 1. The molecule has 0 aromatic heterocycles. The van der Waals surface area contributed by atoms with Crippen LogP contribution in [0.25, 0.3) is 0 Å². The number of carbonyl (C=O) groups excluding carboxylic acids is 3. The molecule has 2 aromatic rings. The Morgan fingerprint density at radius 3 is 2.15 bits per heavy atom. The van der Waals surface area contributed by atoms with Gasteiger partial charge in [-0.05, 0) is 42.4 Å². The summed E-state index contributed by atoms with van der Waals surface area (Å²) >= 11 is 0. The third-order valence-corrected chi connectivity index (χ3v) is 10.2. The standard InChI is InChI=1S/C24H31N3O5Si/c1-24(2,3)33(4,5)32-27(23(30)17-12-8-6-9-13-17)21-20(22(29)26-21)25-19(28)16-31-18-14-10-7-11-15-18/h6-15,20-21H,16H2,1-5H3,(H,25,28)(H,26,29)/t20-,21-/m0/s1. The van der Waals surface area contributed by atoms with Crippen molar-refractivity contribution in [3.05, 3.63) is 66.2 Å². The van der Waals surface area contributed by atoms with Crippen LogP contribution in [-0.2, 0) is 14.1 Å². The van der Waals surface area contributed by atoms with Gasteiger partial charge >= 0.3 is 0 Å². The first-order valence-electron chi connectivity index (χ1n) is 10.8. The number of nitrogens with one attached hydrogen (secondary N) is 2. The number of amides is 3. The van der Waals surface area contributed by atoms with Gasteiger partial charge in [-0.25, -0.2) is 5.06 Å². The van der Waals surface area contributed by atoms with E-state index in [9.17, 15) is 14.4 Å². The van der Waals surface area contributed by atoms with Crippen molar-refractivity contribution < 1.29 is 23.6 Å². The minimum absolute atomic E-state index is 0.182. The van der Waals surface area contributed by atoms with Gasteiger partial charge in [-0.1, -0.05) is 57.2 Å². The summed E-state index contributed by atoms with van der Waals surface area (Å²) in [6, 6.07) is 16.7. The highest BCUT2D eigenvalue weighted by Crippen LogP contribution is 2.38. The molecule has 1 heterocycles. The van der Waals surface area contributed by atoms with Gasteiger partial charge < -0.3 is 19.9 Å². The Morgan fingerprint density at radius 1 is 1.03 bits per heavy atom. The van der Waals surface area contributed by atoms with E-state index < -0.39 is 32.3 Å². The first kappa shape index (κ1) is 24.5. The van der Waals surface area contributed by atoms with Crippen molar-refractivity contribution in [2.24, 2.45) is 0 Å². The van der Waals surface area contributed by atoms with Crippen LogP contribution in [0, 0.1) is 0 Å². The van der Waals surface area contributed by atoms with Gasteiger partial charge in [0.25, 0.3) is 11.8 Å². The molecule has 0 aliphatic carbocycles. The van der Waals surface area contributed by atoms with Crippen LogP contribution in [0.5, 0.6) is 5.75 Å². The number of carbonyl (C=O) groups is 3. The van der Waals surface area contributed by atoms with Crippen LogP contribution in [0.1, 0.15) is 31.1 Å². The van der Waals surface area contributed by atoms with Gasteiger partial charge in [-0.2, -0.15) is 0 Å². The highest BCUT2D eigenvalue weighted by Gasteiger charge is 2.50. The second-order valence-corrected chi connectivity index (χ2v) is 14.2. The Balaban J connectivity index is 1.76. The van der Waals surface area contributed by atoms with Crippen LogP contribution in [0.3, 0.4) is 0 Å². The van der Waals surface area contributed by atoms with E-state index in [4.69, 9.17) is 9.26 Å². The Bertz CT molecular complexity index is 992. The van der Waals surface area contributed by atoms with Crippen LogP contribution in [0.4, 0.5) is 0 Å². The van der Waals surface area contributed by atoms with Crippen molar-refractivity contribution in [2.45, 2.75) is 51.1 Å². The maximum Gasteiger partial charge on any atom is 0.278 e. The molecule has 2 N–H and O–H groups in total. The summed E-state index contributed by atoms with van der Waals surface area (Å²) in [5, 5.41) is 6.41. The fraction of sp³-hybridized carbons (Fsp3) is 0.375. The van der Waals surface area contributed by atoms with Gasteiger partial charge in [0, 0.05) is 5.56 Å². The molecule has 3 rings (SSSR count). The predicted molar refractivity (Wildman–Crippen MR) is 127 cm³/mol. The molecule has 176 valence electrons. The van der Waals surface area contributed by atoms with E-state index in [1.165, 1.54) is 5.06 Å². The minimum Gasteiger partial charge on any atom is -0.484 e. The Labute approximate surface area is 195 Å².